The first-order valence-electron chi connectivity index (χ1n) is 30.7. The van der Waals surface area contributed by atoms with Gasteiger partial charge < -0.3 is 38.9 Å². The Balaban J connectivity index is 0.000000112. The minimum Gasteiger partial charge on any atom is -0.354 e. The zero-order valence-corrected chi connectivity index (χ0v) is 51.6. The largest absolute Gasteiger partial charge is 0.354 e. The standard InChI is InChI=1S/4C20H17N3/c4*1-15-8-10-16(11-9-15)22-18-14-20(17-6-2-4-12-21-17)23-13-5-3-7-19(18)23/h4*2-14,22H,1H3. The molecule has 12 heterocycles. The summed E-state index contributed by atoms with van der Waals surface area (Å²) in [7, 11) is 0. The molecule has 0 aliphatic rings. The van der Waals surface area contributed by atoms with Crippen LogP contribution in [0, 0.1) is 27.7 Å². The second-order valence-electron chi connectivity index (χ2n) is 22.4. The van der Waals surface area contributed by atoms with Crippen LogP contribution in [0.15, 0.2) is 316 Å². The normalized spacial score (nSPS) is 10.8. The van der Waals surface area contributed by atoms with Crippen molar-refractivity contribution in [2.75, 3.05) is 21.3 Å². The molecule has 0 spiro atoms. The number of anilines is 8. The van der Waals surface area contributed by atoms with Gasteiger partial charge in [0.25, 0.3) is 0 Å². The minimum atomic E-state index is 0.964. The maximum atomic E-state index is 4.48. The maximum Gasteiger partial charge on any atom is 0.0870 e. The van der Waals surface area contributed by atoms with Crippen LogP contribution in [0.25, 0.3) is 67.6 Å². The van der Waals surface area contributed by atoms with Gasteiger partial charge >= 0.3 is 0 Å². The van der Waals surface area contributed by atoms with Gasteiger partial charge in [0.15, 0.2) is 0 Å². The molecule has 12 aromatic heterocycles. The molecule has 448 valence electrons. The molecule has 0 atom stereocenters. The Kier molecular flexibility index (Phi) is 17.5. The quantitative estimate of drug-likeness (QED) is 0.0956. The molecule has 16 aromatic rings. The van der Waals surface area contributed by atoms with Gasteiger partial charge in [-0.25, -0.2) is 0 Å². The second kappa shape index (κ2) is 27.4. The van der Waals surface area contributed by atoms with E-state index in [-0.39, 0.29) is 0 Å². The number of nitrogens with zero attached hydrogens (tertiary/aromatic N) is 8. The number of pyridine rings is 8. The Morgan fingerprint density at radius 2 is 0.435 bits per heavy atom. The Bertz CT molecular complexity index is 4390. The van der Waals surface area contributed by atoms with E-state index in [1.807, 2.05) is 122 Å². The summed E-state index contributed by atoms with van der Waals surface area (Å²) in [5.41, 5.74) is 26.4. The van der Waals surface area contributed by atoms with Gasteiger partial charge in [-0.2, -0.15) is 0 Å². The van der Waals surface area contributed by atoms with Gasteiger partial charge in [-0.3, -0.25) is 19.9 Å². The topological polar surface area (TPSA) is 117 Å². The summed E-state index contributed by atoms with van der Waals surface area (Å²) in [4.78, 5) is 17.9. The summed E-state index contributed by atoms with van der Waals surface area (Å²) in [6.45, 7) is 8.38. The van der Waals surface area contributed by atoms with Crippen LogP contribution in [0.1, 0.15) is 22.3 Å². The van der Waals surface area contributed by atoms with E-state index in [1.165, 1.54) is 22.3 Å². The van der Waals surface area contributed by atoms with Crippen LogP contribution < -0.4 is 21.3 Å². The van der Waals surface area contributed by atoms with Crippen molar-refractivity contribution in [2.24, 2.45) is 0 Å². The van der Waals surface area contributed by atoms with Gasteiger partial charge in [-0.15, -0.1) is 0 Å². The molecule has 92 heavy (non-hydrogen) atoms. The van der Waals surface area contributed by atoms with Crippen molar-refractivity contribution < 1.29 is 0 Å². The molecule has 0 fully saturated rings. The number of hydrogen-bond donors (Lipinski definition) is 4. The van der Waals surface area contributed by atoms with Crippen molar-refractivity contribution in [1.29, 1.82) is 0 Å². The smallest absolute Gasteiger partial charge is 0.0870 e. The Morgan fingerprint density at radius 3 is 0.630 bits per heavy atom. The number of fused-ring (bicyclic) bond motifs is 4. The van der Waals surface area contributed by atoms with Crippen LogP contribution >= 0.6 is 0 Å². The van der Waals surface area contributed by atoms with Gasteiger partial charge in [0.2, 0.25) is 0 Å². The van der Waals surface area contributed by atoms with Gasteiger partial charge in [-0.1, -0.05) is 119 Å². The molecule has 0 aliphatic carbocycles. The minimum absolute atomic E-state index is 0.964. The lowest BCUT2D eigenvalue weighted by Crippen LogP contribution is -1.90. The van der Waals surface area contributed by atoms with E-state index >= 15 is 0 Å². The predicted octanol–water partition coefficient (Wildman–Crippen LogP) is 20.2. The van der Waals surface area contributed by atoms with Gasteiger partial charge in [0.1, 0.15) is 0 Å². The van der Waals surface area contributed by atoms with Crippen LogP contribution in [0.3, 0.4) is 0 Å². The third-order valence-electron chi connectivity index (χ3n) is 15.7. The van der Waals surface area contributed by atoms with E-state index in [1.54, 1.807) is 0 Å². The average molecular weight is 1200 g/mol. The highest BCUT2D eigenvalue weighted by Gasteiger charge is 2.16. The molecule has 0 saturated carbocycles. The van der Waals surface area contributed by atoms with Crippen molar-refractivity contribution in [3.8, 4) is 45.6 Å². The SMILES string of the molecule is Cc1ccc(Nc2cc(-c3ccccn3)n3ccccc23)cc1.Cc1ccc(Nc2cc(-c3ccccn3)n3ccccc23)cc1.Cc1ccc(Nc2cc(-c3ccccn3)n3ccccc23)cc1.Cc1ccc(Nc2cc(-c3ccccn3)n3ccccc23)cc1. The van der Waals surface area contributed by atoms with Gasteiger partial charge in [-0.05, 0) is 198 Å². The van der Waals surface area contributed by atoms with Crippen molar-refractivity contribution >= 4 is 67.6 Å². The molecule has 0 aliphatic heterocycles. The summed E-state index contributed by atoms with van der Waals surface area (Å²) < 4.78 is 8.66. The van der Waals surface area contributed by atoms with Crippen molar-refractivity contribution in [3.63, 3.8) is 0 Å². The number of rotatable bonds is 12. The lowest BCUT2D eigenvalue weighted by molar-refractivity contribution is 1.17. The fraction of sp³-hybridized carbons (Fsp3) is 0.0500. The molecule has 0 saturated heterocycles. The maximum absolute atomic E-state index is 4.48. The average Bonchev–Trinajstić information content (AvgIpc) is 2.05. The number of aromatic nitrogens is 8. The Morgan fingerprint density at radius 1 is 0.228 bits per heavy atom. The zero-order valence-electron chi connectivity index (χ0n) is 51.6. The highest BCUT2D eigenvalue weighted by molar-refractivity contribution is 5.87. The van der Waals surface area contributed by atoms with Crippen LogP contribution in [0.5, 0.6) is 0 Å². The fourth-order valence-electron chi connectivity index (χ4n) is 11.0. The molecule has 0 radical (unpaired) electrons. The molecule has 0 bridgehead atoms. The third-order valence-corrected chi connectivity index (χ3v) is 15.7. The summed E-state index contributed by atoms with van der Waals surface area (Å²) >= 11 is 0. The van der Waals surface area contributed by atoms with E-state index in [9.17, 15) is 0 Å². The number of benzene rings is 4. The summed E-state index contributed by atoms with van der Waals surface area (Å²) in [5, 5.41) is 14.1. The van der Waals surface area contributed by atoms with Crippen molar-refractivity contribution in [3.05, 3.63) is 339 Å². The predicted molar refractivity (Wildman–Crippen MR) is 380 cm³/mol. The zero-order chi connectivity index (χ0) is 62.6. The Labute approximate surface area is 535 Å². The number of aryl methyl sites for hydroxylation is 4. The van der Waals surface area contributed by atoms with E-state index in [2.05, 4.69) is 281 Å². The molecule has 4 aromatic carbocycles. The van der Waals surface area contributed by atoms with E-state index < -0.39 is 0 Å². The van der Waals surface area contributed by atoms with E-state index in [0.29, 0.717) is 0 Å². The van der Waals surface area contributed by atoms with E-state index in [4.69, 9.17) is 0 Å². The second-order valence-corrected chi connectivity index (χ2v) is 22.4. The lowest BCUT2D eigenvalue weighted by Gasteiger charge is -2.05. The monoisotopic (exact) mass is 1200 g/mol. The molecule has 12 nitrogen and oxygen atoms in total. The molecule has 0 amide bonds. The first-order chi connectivity index (χ1) is 45.2. The summed E-state index contributed by atoms with van der Waals surface area (Å²) in [5.74, 6) is 0. The summed E-state index contributed by atoms with van der Waals surface area (Å²) in [6.07, 6.45) is 15.6. The van der Waals surface area contributed by atoms with Crippen LogP contribution in [-0.2, 0) is 0 Å². The molecular weight excluding hydrogens is 1130 g/mol. The highest BCUT2D eigenvalue weighted by Crippen LogP contribution is 2.35. The van der Waals surface area contributed by atoms with E-state index in [0.717, 1.165) is 113 Å². The highest BCUT2D eigenvalue weighted by atomic mass is 15.0. The van der Waals surface area contributed by atoms with Crippen molar-refractivity contribution in [2.45, 2.75) is 27.7 Å². The molecule has 16 rings (SSSR count). The molecular formula is C80H68N12. The van der Waals surface area contributed by atoms with Crippen molar-refractivity contribution in [1.82, 2.24) is 37.5 Å². The van der Waals surface area contributed by atoms with Crippen LogP contribution in [-0.4, -0.2) is 37.5 Å². The molecule has 4 N–H and O–H groups in total. The van der Waals surface area contributed by atoms with Gasteiger partial charge in [0.05, 0.1) is 90.4 Å². The number of nitrogens with one attached hydrogen (secondary N) is 4. The molecule has 12 heteroatoms. The first kappa shape index (κ1) is 58.7. The van der Waals surface area contributed by atoms with Crippen LogP contribution in [0.2, 0.25) is 0 Å². The number of hydrogen-bond acceptors (Lipinski definition) is 8. The van der Waals surface area contributed by atoms with Crippen LogP contribution in [0.4, 0.5) is 45.5 Å². The van der Waals surface area contributed by atoms with Gasteiger partial charge in [0, 0.05) is 72.3 Å². The lowest BCUT2D eigenvalue weighted by atomic mass is 10.2. The first-order valence-corrected chi connectivity index (χ1v) is 30.7. The third kappa shape index (κ3) is 13.6. The Hall–Kier alpha value is -12.3. The fourth-order valence-corrected chi connectivity index (χ4v) is 11.0. The molecule has 0 unspecified atom stereocenters. The summed E-state index contributed by atoms with van der Waals surface area (Å²) in [6, 6.07) is 91.0.